The first-order chi connectivity index (χ1) is 16.0. The van der Waals surface area contributed by atoms with E-state index in [0.29, 0.717) is 5.75 Å². The van der Waals surface area contributed by atoms with Gasteiger partial charge in [-0.2, -0.15) is 0 Å². The number of phenolic OH excluding ortho intramolecular Hbond substituents is 1. The van der Waals surface area contributed by atoms with Crippen molar-refractivity contribution in [2.45, 2.75) is 136 Å². The average Bonchev–Trinajstić information content (AvgIpc) is 3.20. The first-order valence-corrected chi connectivity index (χ1v) is 14.2. The average molecular weight is 471 g/mol. The SMILES string of the molecule is CCCCCCCCCCCCN1CCN=C1CCc1cc(C(C)(C)C)c(O)c(C(C)(C)C)c1. The van der Waals surface area contributed by atoms with Crippen molar-refractivity contribution in [3.63, 3.8) is 0 Å². The van der Waals surface area contributed by atoms with Gasteiger partial charge in [0.15, 0.2) is 0 Å². The number of hydrogen-bond acceptors (Lipinski definition) is 3. The Morgan fingerprint density at radius 2 is 1.26 bits per heavy atom. The summed E-state index contributed by atoms with van der Waals surface area (Å²) in [6.07, 6.45) is 15.8. The molecule has 0 spiro atoms. The van der Waals surface area contributed by atoms with E-state index in [9.17, 15) is 5.11 Å². The summed E-state index contributed by atoms with van der Waals surface area (Å²) >= 11 is 0. The summed E-state index contributed by atoms with van der Waals surface area (Å²) in [5, 5.41) is 11.0. The highest BCUT2D eigenvalue weighted by Crippen LogP contribution is 2.40. The predicted molar refractivity (Wildman–Crippen MR) is 150 cm³/mol. The lowest BCUT2D eigenvalue weighted by atomic mass is 9.78. The number of rotatable bonds is 14. The molecule has 3 nitrogen and oxygen atoms in total. The zero-order valence-corrected chi connectivity index (χ0v) is 23.6. The summed E-state index contributed by atoms with van der Waals surface area (Å²) < 4.78 is 0. The van der Waals surface area contributed by atoms with Crippen LogP contribution in [0.4, 0.5) is 0 Å². The maximum absolute atomic E-state index is 11.0. The van der Waals surface area contributed by atoms with Crippen LogP contribution in [0.1, 0.15) is 136 Å². The van der Waals surface area contributed by atoms with Gasteiger partial charge in [0, 0.05) is 19.5 Å². The molecule has 0 bridgehead atoms. The van der Waals surface area contributed by atoms with Crippen molar-refractivity contribution in [3.8, 4) is 5.75 Å². The molecular formula is C31H54N2O. The lowest BCUT2D eigenvalue weighted by molar-refractivity contribution is 0.421. The summed E-state index contributed by atoms with van der Waals surface area (Å²) in [7, 11) is 0. The Labute approximate surface area is 211 Å². The first-order valence-electron chi connectivity index (χ1n) is 14.2. The van der Waals surface area contributed by atoms with Crippen molar-refractivity contribution in [2.24, 2.45) is 4.99 Å². The molecule has 2 rings (SSSR count). The number of aromatic hydroxyl groups is 1. The summed E-state index contributed by atoms with van der Waals surface area (Å²) in [4.78, 5) is 7.38. The molecule has 1 aliphatic rings. The van der Waals surface area contributed by atoms with E-state index in [1.165, 1.54) is 75.6 Å². The third kappa shape index (κ3) is 9.27. The lowest BCUT2D eigenvalue weighted by Crippen LogP contribution is -2.29. The minimum atomic E-state index is -0.0769. The van der Waals surface area contributed by atoms with Crippen LogP contribution in [0.25, 0.3) is 0 Å². The van der Waals surface area contributed by atoms with E-state index < -0.39 is 0 Å². The van der Waals surface area contributed by atoms with Crippen molar-refractivity contribution < 1.29 is 5.11 Å². The van der Waals surface area contributed by atoms with Crippen molar-refractivity contribution in [1.82, 2.24) is 4.90 Å². The third-order valence-electron chi connectivity index (χ3n) is 7.23. The first kappa shape index (κ1) is 28.7. The molecular weight excluding hydrogens is 416 g/mol. The Morgan fingerprint density at radius 1 is 0.765 bits per heavy atom. The smallest absolute Gasteiger partial charge is 0.123 e. The fourth-order valence-electron chi connectivity index (χ4n) is 5.04. The number of aryl methyl sites for hydroxylation is 1. The molecule has 194 valence electrons. The molecule has 1 N–H and O–H groups in total. The molecule has 0 unspecified atom stereocenters. The molecule has 0 radical (unpaired) electrons. The second kappa shape index (κ2) is 13.5. The van der Waals surface area contributed by atoms with E-state index in [1.54, 1.807) is 0 Å². The summed E-state index contributed by atoms with van der Waals surface area (Å²) in [6, 6.07) is 4.46. The number of benzene rings is 1. The van der Waals surface area contributed by atoms with E-state index in [4.69, 9.17) is 4.99 Å². The van der Waals surface area contributed by atoms with Crippen molar-refractivity contribution in [2.75, 3.05) is 19.6 Å². The molecule has 0 atom stereocenters. The molecule has 3 heteroatoms. The van der Waals surface area contributed by atoms with Gasteiger partial charge in [0.25, 0.3) is 0 Å². The molecule has 34 heavy (non-hydrogen) atoms. The molecule has 1 heterocycles. The number of hydrogen-bond donors (Lipinski definition) is 1. The van der Waals surface area contributed by atoms with E-state index >= 15 is 0 Å². The van der Waals surface area contributed by atoms with Crippen LogP contribution in [-0.4, -0.2) is 35.5 Å². The Balaban J connectivity index is 1.83. The van der Waals surface area contributed by atoms with Crippen molar-refractivity contribution in [1.29, 1.82) is 0 Å². The zero-order valence-electron chi connectivity index (χ0n) is 23.6. The minimum absolute atomic E-state index is 0.0769. The Hall–Kier alpha value is -1.51. The highest BCUT2D eigenvalue weighted by molar-refractivity contribution is 5.84. The Bertz CT molecular complexity index is 732. The molecule has 0 aliphatic carbocycles. The molecule has 0 fully saturated rings. The van der Waals surface area contributed by atoms with Gasteiger partial charge in [0.2, 0.25) is 0 Å². The maximum Gasteiger partial charge on any atom is 0.123 e. The van der Waals surface area contributed by atoms with Crippen LogP contribution in [0, 0.1) is 0 Å². The van der Waals surface area contributed by atoms with Crippen LogP contribution >= 0.6 is 0 Å². The molecule has 0 saturated heterocycles. The fraction of sp³-hybridized carbons (Fsp3) is 0.774. The highest BCUT2D eigenvalue weighted by atomic mass is 16.3. The number of amidine groups is 1. The summed E-state index contributed by atoms with van der Waals surface area (Å²) in [5.41, 5.74) is 3.29. The number of nitrogens with zero attached hydrogens (tertiary/aromatic N) is 2. The van der Waals surface area contributed by atoms with Crippen LogP contribution in [0.3, 0.4) is 0 Å². The molecule has 1 aliphatic heterocycles. The highest BCUT2D eigenvalue weighted by Gasteiger charge is 2.26. The lowest BCUT2D eigenvalue weighted by Gasteiger charge is -2.28. The van der Waals surface area contributed by atoms with Crippen LogP contribution in [0.15, 0.2) is 17.1 Å². The van der Waals surface area contributed by atoms with Gasteiger partial charge in [0.05, 0.1) is 12.4 Å². The van der Waals surface area contributed by atoms with Gasteiger partial charge >= 0.3 is 0 Å². The molecule has 0 amide bonds. The van der Waals surface area contributed by atoms with Gasteiger partial charge < -0.3 is 10.0 Å². The Morgan fingerprint density at radius 3 is 1.76 bits per heavy atom. The molecule has 0 saturated carbocycles. The van der Waals surface area contributed by atoms with Crippen LogP contribution in [0.5, 0.6) is 5.75 Å². The fourth-order valence-corrected chi connectivity index (χ4v) is 5.04. The van der Waals surface area contributed by atoms with Gasteiger partial charge in [-0.15, -0.1) is 0 Å². The van der Waals surface area contributed by atoms with Crippen LogP contribution < -0.4 is 0 Å². The summed E-state index contributed by atoms with van der Waals surface area (Å²) in [6.45, 7) is 18.6. The van der Waals surface area contributed by atoms with Crippen LogP contribution in [0.2, 0.25) is 0 Å². The van der Waals surface area contributed by atoms with Crippen molar-refractivity contribution >= 4 is 5.84 Å². The van der Waals surface area contributed by atoms with Gasteiger partial charge in [-0.1, -0.05) is 118 Å². The van der Waals surface area contributed by atoms with Gasteiger partial charge in [0.1, 0.15) is 5.75 Å². The Kier molecular flexibility index (Phi) is 11.4. The molecule has 1 aromatic carbocycles. The van der Waals surface area contributed by atoms with Gasteiger partial charge in [-0.25, -0.2) is 0 Å². The monoisotopic (exact) mass is 470 g/mol. The normalized spacial score (nSPS) is 14.7. The number of unbranched alkanes of at least 4 members (excludes halogenated alkanes) is 9. The minimum Gasteiger partial charge on any atom is -0.507 e. The quantitative estimate of drug-likeness (QED) is 0.276. The van der Waals surface area contributed by atoms with E-state index in [0.717, 1.165) is 43.6 Å². The van der Waals surface area contributed by atoms with Gasteiger partial charge in [-0.05, 0) is 40.4 Å². The zero-order chi connectivity index (χ0) is 25.2. The maximum atomic E-state index is 11.0. The van der Waals surface area contributed by atoms with Crippen LogP contribution in [-0.2, 0) is 17.3 Å². The molecule has 1 aromatic rings. The van der Waals surface area contributed by atoms with Gasteiger partial charge in [-0.3, -0.25) is 4.99 Å². The largest absolute Gasteiger partial charge is 0.507 e. The van der Waals surface area contributed by atoms with E-state index in [-0.39, 0.29) is 10.8 Å². The summed E-state index contributed by atoms with van der Waals surface area (Å²) in [5.74, 6) is 1.77. The third-order valence-corrected chi connectivity index (χ3v) is 7.23. The standard InChI is InChI=1S/C31H54N2O/c1-8-9-10-11-12-13-14-15-16-17-21-33-22-20-32-28(33)19-18-25-23-26(30(2,3)4)29(34)27(24-25)31(5,6)7/h23-24,34H,8-22H2,1-7H3. The molecule has 0 aromatic heterocycles. The number of phenols is 1. The second-order valence-corrected chi connectivity index (χ2v) is 12.5. The topological polar surface area (TPSA) is 35.8 Å². The van der Waals surface area contributed by atoms with E-state index in [2.05, 4.69) is 65.5 Å². The van der Waals surface area contributed by atoms with Crippen molar-refractivity contribution in [3.05, 3.63) is 28.8 Å². The second-order valence-electron chi connectivity index (χ2n) is 12.5. The predicted octanol–water partition coefficient (Wildman–Crippen LogP) is 8.55. The van der Waals surface area contributed by atoms with E-state index in [1.807, 2.05) is 0 Å². The number of aliphatic imine (C=N–C) groups is 1.